The number of anilines is 1. The average Bonchev–Trinajstić information content (AvgIpc) is 2.63. The number of nitrogens with zero attached hydrogens (tertiary/aromatic N) is 1. The molecule has 26 heavy (non-hydrogen) atoms. The largest absolute Gasteiger partial charge is 0.375 e. The van der Waals surface area contributed by atoms with E-state index in [1.54, 1.807) is 0 Å². The monoisotopic (exact) mass is 356 g/mol. The highest BCUT2D eigenvalue weighted by molar-refractivity contribution is 5.95. The van der Waals surface area contributed by atoms with Crippen molar-refractivity contribution in [1.29, 1.82) is 0 Å². The summed E-state index contributed by atoms with van der Waals surface area (Å²) in [5.41, 5.74) is 1.34. The lowest BCUT2D eigenvalue weighted by atomic mass is 10.1. The normalized spacial score (nSPS) is 10.0. The van der Waals surface area contributed by atoms with Crippen molar-refractivity contribution in [2.75, 3.05) is 18.4 Å². The van der Waals surface area contributed by atoms with Crippen LogP contribution in [0.4, 0.5) is 11.4 Å². The van der Waals surface area contributed by atoms with Crippen molar-refractivity contribution >= 4 is 23.2 Å². The molecule has 0 atom stereocenters. The van der Waals surface area contributed by atoms with E-state index in [4.69, 9.17) is 0 Å². The molecule has 2 aromatic carbocycles. The molecular weight excluding hydrogens is 336 g/mol. The maximum atomic E-state index is 12.1. The summed E-state index contributed by atoms with van der Waals surface area (Å²) in [5.74, 6) is -0.628. The molecule has 0 aliphatic rings. The third kappa shape index (κ3) is 5.59. The van der Waals surface area contributed by atoms with Crippen LogP contribution in [0, 0.1) is 10.1 Å². The maximum absolute atomic E-state index is 12.1. The van der Waals surface area contributed by atoms with E-state index in [2.05, 4.69) is 16.0 Å². The van der Waals surface area contributed by atoms with E-state index in [0.29, 0.717) is 18.8 Å². The first-order chi connectivity index (χ1) is 12.5. The van der Waals surface area contributed by atoms with Crippen molar-refractivity contribution in [3.05, 3.63) is 69.8 Å². The molecule has 0 saturated carbocycles. The average molecular weight is 356 g/mol. The number of hydrogen-bond donors (Lipinski definition) is 3. The van der Waals surface area contributed by atoms with Gasteiger partial charge in [-0.15, -0.1) is 0 Å². The van der Waals surface area contributed by atoms with Gasteiger partial charge in [-0.25, -0.2) is 0 Å². The summed E-state index contributed by atoms with van der Waals surface area (Å²) < 4.78 is 0. The fourth-order valence-corrected chi connectivity index (χ4v) is 2.28. The summed E-state index contributed by atoms with van der Waals surface area (Å²) in [6.07, 6.45) is 0. The predicted octanol–water partition coefficient (Wildman–Crippen LogP) is 2.07. The predicted molar refractivity (Wildman–Crippen MR) is 97.9 cm³/mol. The first-order valence-electron chi connectivity index (χ1n) is 8.06. The van der Waals surface area contributed by atoms with E-state index in [1.165, 1.54) is 25.1 Å². The Hall–Kier alpha value is -3.42. The Morgan fingerprint density at radius 3 is 2.38 bits per heavy atom. The van der Waals surface area contributed by atoms with Gasteiger partial charge in [0.15, 0.2) is 0 Å². The Morgan fingerprint density at radius 1 is 1.04 bits per heavy atom. The van der Waals surface area contributed by atoms with Crippen LogP contribution in [0.15, 0.2) is 48.5 Å². The van der Waals surface area contributed by atoms with Gasteiger partial charge in [0.2, 0.25) is 5.91 Å². The molecular formula is C18H20N4O4. The van der Waals surface area contributed by atoms with Crippen LogP contribution in [-0.4, -0.2) is 29.8 Å². The fraction of sp³-hybridized carbons (Fsp3) is 0.222. The Bertz CT molecular complexity index is 793. The number of rotatable bonds is 8. The lowest BCUT2D eigenvalue weighted by Crippen LogP contribution is -2.33. The summed E-state index contributed by atoms with van der Waals surface area (Å²) in [6.45, 7) is 2.34. The number of amides is 2. The number of carbonyl (C=O) groups excluding carboxylic acids is 2. The summed E-state index contributed by atoms with van der Waals surface area (Å²) in [6, 6.07) is 13.8. The van der Waals surface area contributed by atoms with E-state index in [1.807, 2.05) is 30.3 Å². The van der Waals surface area contributed by atoms with Crippen LogP contribution >= 0.6 is 0 Å². The Kier molecular flexibility index (Phi) is 6.67. The van der Waals surface area contributed by atoms with Crippen LogP contribution in [0.25, 0.3) is 0 Å². The topological polar surface area (TPSA) is 113 Å². The summed E-state index contributed by atoms with van der Waals surface area (Å²) in [4.78, 5) is 33.7. The Labute approximate surface area is 150 Å². The molecule has 2 rings (SSSR count). The molecule has 0 aliphatic heterocycles. The maximum Gasteiger partial charge on any atom is 0.293 e. The molecule has 8 heteroatoms. The number of benzene rings is 2. The van der Waals surface area contributed by atoms with E-state index >= 15 is 0 Å². The SMILES string of the molecule is CC(=O)NCCNC(=O)c1ccc(NCc2ccccc2)c([N+](=O)[O-])c1. The van der Waals surface area contributed by atoms with E-state index in [-0.39, 0.29) is 23.7 Å². The van der Waals surface area contributed by atoms with Gasteiger partial charge in [0.25, 0.3) is 11.6 Å². The molecule has 2 aromatic rings. The van der Waals surface area contributed by atoms with Crippen LogP contribution in [0.2, 0.25) is 0 Å². The van der Waals surface area contributed by atoms with E-state index < -0.39 is 10.8 Å². The van der Waals surface area contributed by atoms with Crippen LogP contribution < -0.4 is 16.0 Å². The molecule has 2 amide bonds. The number of nitro benzene ring substituents is 1. The standard InChI is InChI=1S/C18H20N4O4/c1-13(23)19-9-10-20-18(24)15-7-8-16(17(11-15)22(25)26)21-12-14-5-3-2-4-6-14/h2-8,11,21H,9-10,12H2,1H3,(H,19,23)(H,20,24). The molecule has 0 spiro atoms. The van der Waals surface area contributed by atoms with Gasteiger partial charge in [-0.05, 0) is 17.7 Å². The minimum Gasteiger partial charge on any atom is -0.375 e. The number of carbonyl (C=O) groups is 2. The molecule has 136 valence electrons. The zero-order valence-electron chi connectivity index (χ0n) is 14.3. The second-order valence-corrected chi connectivity index (χ2v) is 5.57. The second-order valence-electron chi connectivity index (χ2n) is 5.57. The highest BCUT2D eigenvalue weighted by Gasteiger charge is 2.17. The minimum absolute atomic E-state index is 0.171. The van der Waals surface area contributed by atoms with Crippen LogP contribution in [0.5, 0.6) is 0 Å². The zero-order valence-corrected chi connectivity index (χ0v) is 14.3. The third-order valence-electron chi connectivity index (χ3n) is 3.57. The highest BCUT2D eigenvalue weighted by atomic mass is 16.6. The quantitative estimate of drug-likeness (QED) is 0.381. The molecule has 8 nitrogen and oxygen atoms in total. The van der Waals surface area contributed by atoms with Gasteiger partial charge in [-0.3, -0.25) is 19.7 Å². The van der Waals surface area contributed by atoms with Crippen molar-refractivity contribution in [1.82, 2.24) is 10.6 Å². The van der Waals surface area contributed by atoms with Crippen molar-refractivity contribution in [2.24, 2.45) is 0 Å². The lowest BCUT2D eigenvalue weighted by Gasteiger charge is -2.09. The number of nitrogens with one attached hydrogen (secondary N) is 3. The lowest BCUT2D eigenvalue weighted by molar-refractivity contribution is -0.384. The first kappa shape index (κ1) is 18.9. The van der Waals surface area contributed by atoms with Crippen LogP contribution in [0.1, 0.15) is 22.8 Å². The van der Waals surface area contributed by atoms with Crippen molar-refractivity contribution < 1.29 is 14.5 Å². The van der Waals surface area contributed by atoms with Crippen LogP contribution in [0.3, 0.4) is 0 Å². The third-order valence-corrected chi connectivity index (χ3v) is 3.57. The molecule has 3 N–H and O–H groups in total. The van der Waals surface area contributed by atoms with Crippen LogP contribution in [-0.2, 0) is 11.3 Å². The molecule has 0 aliphatic carbocycles. The van der Waals surface area contributed by atoms with Gasteiger partial charge in [0.1, 0.15) is 5.69 Å². The molecule has 0 fully saturated rings. The summed E-state index contributed by atoms with van der Waals surface area (Å²) in [5, 5.41) is 19.5. The molecule has 0 unspecified atom stereocenters. The first-order valence-corrected chi connectivity index (χ1v) is 8.06. The molecule has 0 aromatic heterocycles. The van der Waals surface area contributed by atoms with E-state index in [9.17, 15) is 19.7 Å². The fourth-order valence-electron chi connectivity index (χ4n) is 2.28. The molecule has 0 radical (unpaired) electrons. The van der Waals surface area contributed by atoms with Gasteiger partial charge >= 0.3 is 0 Å². The van der Waals surface area contributed by atoms with Gasteiger partial charge in [0, 0.05) is 38.2 Å². The Balaban J connectivity index is 2.04. The number of hydrogen-bond acceptors (Lipinski definition) is 5. The van der Waals surface area contributed by atoms with Crippen molar-refractivity contribution in [3.63, 3.8) is 0 Å². The van der Waals surface area contributed by atoms with Gasteiger partial charge < -0.3 is 16.0 Å². The Morgan fingerprint density at radius 2 is 1.73 bits per heavy atom. The highest BCUT2D eigenvalue weighted by Crippen LogP contribution is 2.26. The second kappa shape index (κ2) is 9.16. The molecule has 0 bridgehead atoms. The summed E-state index contributed by atoms with van der Waals surface area (Å²) >= 11 is 0. The molecule has 0 saturated heterocycles. The van der Waals surface area contributed by atoms with Crippen molar-refractivity contribution in [3.8, 4) is 0 Å². The van der Waals surface area contributed by atoms with Gasteiger partial charge in [-0.1, -0.05) is 30.3 Å². The number of nitro groups is 1. The summed E-state index contributed by atoms with van der Waals surface area (Å²) in [7, 11) is 0. The van der Waals surface area contributed by atoms with Gasteiger partial charge in [0.05, 0.1) is 4.92 Å². The molecule has 0 heterocycles. The minimum atomic E-state index is -0.526. The van der Waals surface area contributed by atoms with Gasteiger partial charge in [-0.2, -0.15) is 0 Å². The smallest absolute Gasteiger partial charge is 0.293 e. The van der Waals surface area contributed by atoms with E-state index in [0.717, 1.165) is 5.56 Å². The zero-order chi connectivity index (χ0) is 18.9. The van der Waals surface area contributed by atoms with Crippen molar-refractivity contribution in [2.45, 2.75) is 13.5 Å².